The minimum absolute atomic E-state index is 0.632. The first kappa shape index (κ1) is 8.28. The molecule has 0 bridgehead atoms. The highest BCUT2D eigenvalue weighted by Crippen LogP contribution is 1.88. The molecule has 0 spiro atoms. The molecule has 0 heterocycles. The van der Waals surface area contributed by atoms with Crippen LogP contribution in [0.4, 0.5) is 0 Å². The first-order valence-corrected chi connectivity index (χ1v) is 2.25. The second-order valence-corrected chi connectivity index (χ2v) is 1.50. The molecule has 10 heavy (non-hydrogen) atoms. The number of nitrogens with two attached hydrogens (primary N) is 3. The summed E-state index contributed by atoms with van der Waals surface area (Å²) in [5.41, 5.74) is 12.9. The van der Waals surface area contributed by atoms with Crippen molar-refractivity contribution in [3.8, 4) is 0 Å². The van der Waals surface area contributed by atoms with Gasteiger partial charge < -0.3 is 22.3 Å². The fourth-order valence-electron chi connectivity index (χ4n) is 0.248. The van der Waals surface area contributed by atoms with Crippen LogP contribution in [0.1, 0.15) is 0 Å². The molecule has 0 aromatic carbocycles. The summed E-state index contributed by atoms with van der Waals surface area (Å²) in [7, 11) is 0. The topological polar surface area (TPSA) is 132 Å². The number of amides is 1. The molecule has 0 radical (unpaired) electrons. The number of aliphatic carboxylic acids is 1. The lowest BCUT2D eigenvalue weighted by Gasteiger charge is -1.96. The van der Waals surface area contributed by atoms with Gasteiger partial charge in [-0.3, -0.25) is 4.79 Å². The summed E-state index contributed by atoms with van der Waals surface area (Å²) in [6.07, 6.45) is 0. The standard InChI is InChI=1S/C4H7N3O3/c5-1(3(7)8)2(6)4(9)10/h5-6H2,(H2,7,8)(H,9,10). The molecule has 0 fully saturated rings. The maximum Gasteiger partial charge on any atom is 0.354 e. The van der Waals surface area contributed by atoms with E-state index in [9.17, 15) is 9.59 Å². The van der Waals surface area contributed by atoms with Crippen LogP contribution in [0.15, 0.2) is 11.4 Å². The predicted molar refractivity (Wildman–Crippen MR) is 32.2 cm³/mol. The molecule has 56 valence electrons. The fourth-order valence-corrected chi connectivity index (χ4v) is 0.248. The molecule has 6 heteroatoms. The summed E-state index contributed by atoms with van der Waals surface area (Å²) in [6, 6.07) is 0. The Balaban J connectivity index is 4.67. The average Bonchev–Trinajstić information content (AvgIpc) is 1.84. The lowest BCUT2D eigenvalue weighted by atomic mass is 10.3. The van der Waals surface area contributed by atoms with E-state index in [0.29, 0.717) is 0 Å². The van der Waals surface area contributed by atoms with Crippen LogP contribution in [0.5, 0.6) is 0 Å². The molecule has 7 N–H and O–H groups in total. The summed E-state index contributed by atoms with van der Waals surface area (Å²) < 4.78 is 0. The molecule has 0 aliphatic rings. The molecular formula is C4H7N3O3. The average molecular weight is 145 g/mol. The highest BCUT2D eigenvalue weighted by molar-refractivity contribution is 5.99. The third kappa shape index (κ3) is 1.66. The second-order valence-electron chi connectivity index (χ2n) is 1.50. The van der Waals surface area contributed by atoms with E-state index < -0.39 is 23.3 Å². The van der Waals surface area contributed by atoms with Gasteiger partial charge in [-0.2, -0.15) is 0 Å². The Morgan fingerprint density at radius 1 is 1.00 bits per heavy atom. The summed E-state index contributed by atoms with van der Waals surface area (Å²) >= 11 is 0. The van der Waals surface area contributed by atoms with Crippen LogP contribution < -0.4 is 17.2 Å². The van der Waals surface area contributed by atoms with E-state index in [1.807, 2.05) is 0 Å². The van der Waals surface area contributed by atoms with E-state index in [0.717, 1.165) is 0 Å². The molecular weight excluding hydrogens is 138 g/mol. The molecule has 0 unspecified atom stereocenters. The molecule has 0 aliphatic heterocycles. The lowest BCUT2D eigenvalue weighted by Crippen LogP contribution is -2.27. The van der Waals surface area contributed by atoms with Gasteiger partial charge in [0.2, 0.25) is 0 Å². The summed E-state index contributed by atoms with van der Waals surface area (Å²) in [6.45, 7) is 0. The minimum atomic E-state index is -1.46. The molecule has 0 saturated heterocycles. The maximum absolute atomic E-state index is 10.1. The zero-order chi connectivity index (χ0) is 8.31. The van der Waals surface area contributed by atoms with Crippen LogP contribution in [0, 0.1) is 0 Å². The van der Waals surface area contributed by atoms with E-state index in [-0.39, 0.29) is 0 Å². The largest absolute Gasteiger partial charge is 0.477 e. The molecule has 1 amide bonds. The van der Waals surface area contributed by atoms with Gasteiger partial charge in [0.1, 0.15) is 11.4 Å². The van der Waals surface area contributed by atoms with Gasteiger partial charge in [0.15, 0.2) is 0 Å². The van der Waals surface area contributed by atoms with Crippen molar-refractivity contribution in [1.82, 2.24) is 0 Å². The molecule has 0 aromatic rings. The number of carbonyl (C=O) groups is 2. The van der Waals surface area contributed by atoms with Crippen molar-refractivity contribution in [3.63, 3.8) is 0 Å². The number of carboxylic acids is 1. The maximum atomic E-state index is 10.1. The summed E-state index contributed by atoms with van der Waals surface area (Å²) in [5.74, 6) is -2.50. The van der Waals surface area contributed by atoms with Gasteiger partial charge in [-0.25, -0.2) is 4.79 Å². The van der Waals surface area contributed by atoms with Crippen molar-refractivity contribution >= 4 is 11.9 Å². The number of rotatable bonds is 2. The molecule has 0 rings (SSSR count). The Kier molecular flexibility index (Phi) is 2.25. The molecule has 0 aliphatic carbocycles. The van der Waals surface area contributed by atoms with Crippen LogP contribution >= 0.6 is 0 Å². The second kappa shape index (κ2) is 2.72. The van der Waals surface area contributed by atoms with Crippen LogP contribution in [-0.2, 0) is 9.59 Å². The SMILES string of the molecule is NC(=O)C(N)=C(N)C(=O)O. The Morgan fingerprint density at radius 2 is 1.40 bits per heavy atom. The highest BCUT2D eigenvalue weighted by atomic mass is 16.4. The van der Waals surface area contributed by atoms with Gasteiger partial charge in [-0.1, -0.05) is 0 Å². The zero-order valence-corrected chi connectivity index (χ0v) is 5.00. The van der Waals surface area contributed by atoms with Crippen LogP contribution in [0.25, 0.3) is 0 Å². The van der Waals surface area contributed by atoms with Gasteiger partial charge in [-0.15, -0.1) is 0 Å². The number of primary amides is 1. The molecule has 0 saturated carbocycles. The third-order valence-corrected chi connectivity index (χ3v) is 0.786. The van der Waals surface area contributed by atoms with E-state index >= 15 is 0 Å². The summed E-state index contributed by atoms with van der Waals surface area (Å²) in [5, 5.41) is 8.13. The monoisotopic (exact) mass is 145 g/mol. The van der Waals surface area contributed by atoms with E-state index in [4.69, 9.17) is 16.6 Å². The van der Waals surface area contributed by atoms with E-state index in [1.165, 1.54) is 0 Å². The quantitative estimate of drug-likeness (QED) is 0.324. The molecule has 6 nitrogen and oxygen atoms in total. The van der Waals surface area contributed by atoms with Gasteiger partial charge >= 0.3 is 5.97 Å². The van der Waals surface area contributed by atoms with E-state index in [2.05, 4.69) is 5.73 Å². The number of carboxylic acid groups (broad SMARTS) is 1. The number of hydrogen-bond acceptors (Lipinski definition) is 4. The van der Waals surface area contributed by atoms with Gasteiger partial charge in [-0.05, 0) is 0 Å². The van der Waals surface area contributed by atoms with Crippen LogP contribution in [0.3, 0.4) is 0 Å². The molecule has 0 atom stereocenters. The third-order valence-electron chi connectivity index (χ3n) is 0.786. The first-order valence-electron chi connectivity index (χ1n) is 2.25. The lowest BCUT2D eigenvalue weighted by molar-refractivity contribution is -0.133. The Hall–Kier alpha value is -1.72. The van der Waals surface area contributed by atoms with Crippen molar-refractivity contribution in [3.05, 3.63) is 11.4 Å². The zero-order valence-electron chi connectivity index (χ0n) is 5.00. The van der Waals surface area contributed by atoms with Crippen molar-refractivity contribution in [2.75, 3.05) is 0 Å². The Bertz CT molecular complexity index is 186. The predicted octanol–water partition coefficient (Wildman–Crippen LogP) is -2.31. The normalized spacial score (nSPS) is 12.0. The summed E-state index contributed by atoms with van der Waals surface area (Å²) in [4.78, 5) is 20.1. The van der Waals surface area contributed by atoms with Crippen molar-refractivity contribution in [1.29, 1.82) is 0 Å². The van der Waals surface area contributed by atoms with Gasteiger partial charge in [0.25, 0.3) is 5.91 Å². The smallest absolute Gasteiger partial charge is 0.354 e. The minimum Gasteiger partial charge on any atom is -0.477 e. The Morgan fingerprint density at radius 3 is 1.50 bits per heavy atom. The molecule has 0 aromatic heterocycles. The van der Waals surface area contributed by atoms with Gasteiger partial charge in [0.05, 0.1) is 0 Å². The van der Waals surface area contributed by atoms with Crippen molar-refractivity contribution in [2.24, 2.45) is 17.2 Å². The van der Waals surface area contributed by atoms with Gasteiger partial charge in [0, 0.05) is 0 Å². The fraction of sp³-hybridized carbons (Fsp3) is 0. The van der Waals surface area contributed by atoms with Crippen LogP contribution in [-0.4, -0.2) is 17.0 Å². The first-order chi connectivity index (χ1) is 4.46. The number of carbonyl (C=O) groups excluding carboxylic acids is 1. The van der Waals surface area contributed by atoms with Crippen molar-refractivity contribution < 1.29 is 14.7 Å². The number of hydrogen-bond donors (Lipinski definition) is 4. The van der Waals surface area contributed by atoms with E-state index in [1.54, 1.807) is 0 Å². The highest BCUT2D eigenvalue weighted by Gasteiger charge is 2.10. The Labute approximate surface area is 56.3 Å². The van der Waals surface area contributed by atoms with Crippen molar-refractivity contribution in [2.45, 2.75) is 0 Å². The van der Waals surface area contributed by atoms with Crippen LogP contribution in [0.2, 0.25) is 0 Å².